The number of carboxylic acid groups (broad SMARTS) is 1. The first-order valence-electron chi connectivity index (χ1n) is 11.6. The highest BCUT2D eigenvalue weighted by atomic mass is 35.5. The van der Waals surface area contributed by atoms with E-state index in [-0.39, 0.29) is 18.9 Å². The summed E-state index contributed by atoms with van der Waals surface area (Å²) in [5.74, 6) is -1.000. The third kappa shape index (κ3) is 5.84. The van der Waals surface area contributed by atoms with Crippen LogP contribution in [0.4, 0.5) is 4.39 Å². The topological polar surface area (TPSA) is 99.9 Å². The van der Waals surface area contributed by atoms with E-state index in [9.17, 15) is 15.0 Å². The quantitative estimate of drug-likeness (QED) is 0.409. The Morgan fingerprint density at radius 1 is 1.24 bits per heavy atom. The molecule has 1 aromatic heterocycles. The molecule has 2 aliphatic rings. The molecule has 8 heteroatoms. The van der Waals surface area contributed by atoms with Gasteiger partial charge in [0.25, 0.3) is 0 Å². The summed E-state index contributed by atoms with van der Waals surface area (Å²) in [4.78, 5) is 15.9. The summed E-state index contributed by atoms with van der Waals surface area (Å²) >= 11 is 6.03. The van der Waals surface area contributed by atoms with Crippen molar-refractivity contribution < 1.29 is 29.2 Å². The van der Waals surface area contributed by atoms with E-state index >= 15 is 4.39 Å². The number of benzene rings is 1. The lowest BCUT2D eigenvalue weighted by Gasteiger charge is -2.21. The summed E-state index contributed by atoms with van der Waals surface area (Å²) in [6.45, 7) is 0.266. The molecule has 0 radical (unpaired) electrons. The Hall–Kier alpha value is -2.32. The minimum absolute atomic E-state index is 0.120. The first kappa shape index (κ1) is 24.8. The van der Waals surface area contributed by atoms with E-state index in [0.717, 1.165) is 42.6 Å². The highest BCUT2D eigenvalue weighted by Crippen LogP contribution is 2.49. The number of aliphatic hydroxyl groups excluding tert-OH is 2. The maximum atomic E-state index is 15.2. The van der Waals surface area contributed by atoms with Crippen LogP contribution in [0.25, 0.3) is 17.2 Å². The van der Waals surface area contributed by atoms with Crippen molar-refractivity contribution >= 4 is 23.6 Å². The first-order chi connectivity index (χ1) is 16.3. The van der Waals surface area contributed by atoms with Crippen LogP contribution in [0.2, 0.25) is 5.02 Å². The zero-order valence-electron chi connectivity index (χ0n) is 19.0. The second-order valence-corrected chi connectivity index (χ2v) is 9.61. The highest BCUT2D eigenvalue weighted by Gasteiger charge is 2.35. The fourth-order valence-corrected chi connectivity index (χ4v) is 4.51. The molecule has 2 atom stereocenters. The minimum atomic E-state index is -1.17. The fourth-order valence-electron chi connectivity index (χ4n) is 4.35. The molecule has 0 unspecified atom stereocenters. The summed E-state index contributed by atoms with van der Waals surface area (Å²) in [7, 11) is 1.59. The molecule has 34 heavy (non-hydrogen) atoms. The van der Waals surface area contributed by atoms with E-state index in [1.807, 2.05) is 0 Å². The Morgan fingerprint density at radius 2 is 1.91 bits per heavy atom. The normalized spacial score (nSPS) is 17.8. The van der Waals surface area contributed by atoms with Crippen molar-refractivity contribution in [1.82, 2.24) is 4.98 Å². The molecule has 1 heterocycles. The van der Waals surface area contributed by atoms with E-state index in [4.69, 9.17) is 26.4 Å². The van der Waals surface area contributed by atoms with Crippen LogP contribution in [0.3, 0.4) is 0 Å². The molecule has 182 valence electrons. The Labute approximate surface area is 203 Å². The summed E-state index contributed by atoms with van der Waals surface area (Å²) in [6.07, 6.45) is 4.47. The number of aliphatic carboxylic acids is 1. The Bertz CT molecular complexity index is 1100. The molecule has 2 fully saturated rings. The second kappa shape index (κ2) is 10.5. The SMILES string of the molecule is COCc1c(C2CC2)nc(C2CC2)c(/C=C/[C@@H](O)C[C@@H](O)CC(=O)O)c1-c1ccc(Cl)cc1F. The summed E-state index contributed by atoms with van der Waals surface area (Å²) in [5, 5.41) is 29.5. The number of ether oxygens (including phenoxy) is 1. The van der Waals surface area contributed by atoms with Gasteiger partial charge < -0.3 is 20.1 Å². The number of hydrogen-bond acceptors (Lipinski definition) is 5. The van der Waals surface area contributed by atoms with Gasteiger partial charge >= 0.3 is 5.97 Å². The molecule has 0 spiro atoms. The van der Waals surface area contributed by atoms with Crippen LogP contribution in [0, 0.1) is 5.82 Å². The van der Waals surface area contributed by atoms with Crippen LogP contribution in [0.15, 0.2) is 24.3 Å². The molecular weight excluding hydrogens is 461 g/mol. The van der Waals surface area contributed by atoms with Gasteiger partial charge in [-0.1, -0.05) is 23.8 Å². The number of rotatable bonds is 11. The molecule has 0 aliphatic heterocycles. The molecule has 0 bridgehead atoms. The standard InChI is InChI=1S/C26H29ClFNO5/c1-34-13-21-24(19-8-6-16(27)10-22(19)28)20(9-7-17(30)11-18(31)12-23(32)33)25(14-2-3-14)29-26(21)15-4-5-15/h6-10,14-15,17-18,30-31H,2-5,11-13H2,1H3,(H,32,33)/b9-7+/t17-,18-/m1/s1. The van der Waals surface area contributed by atoms with Gasteiger partial charge in [0, 0.05) is 58.3 Å². The summed E-state index contributed by atoms with van der Waals surface area (Å²) in [5.41, 5.74) is 4.44. The maximum Gasteiger partial charge on any atom is 0.305 e. The minimum Gasteiger partial charge on any atom is -0.481 e. The van der Waals surface area contributed by atoms with Crippen molar-refractivity contribution in [1.29, 1.82) is 0 Å². The number of carbonyl (C=O) groups is 1. The summed E-state index contributed by atoms with van der Waals surface area (Å²) in [6, 6.07) is 4.59. The van der Waals surface area contributed by atoms with Crippen molar-refractivity contribution in [3.8, 4) is 11.1 Å². The van der Waals surface area contributed by atoms with Gasteiger partial charge in [-0.25, -0.2) is 4.39 Å². The van der Waals surface area contributed by atoms with E-state index < -0.39 is 30.4 Å². The van der Waals surface area contributed by atoms with Gasteiger partial charge in [0.2, 0.25) is 0 Å². The Kier molecular flexibility index (Phi) is 7.67. The summed E-state index contributed by atoms with van der Waals surface area (Å²) < 4.78 is 20.7. The molecule has 6 nitrogen and oxygen atoms in total. The van der Waals surface area contributed by atoms with Crippen molar-refractivity contribution in [2.24, 2.45) is 0 Å². The molecule has 0 saturated heterocycles. The Morgan fingerprint density at radius 3 is 2.50 bits per heavy atom. The number of aliphatic hydroxyl groups is 2. The number of aromatic nitrogens is 1. The van der Waals surface area contributed by atoms with Gasteiger partial charge in [0.1, 0.15) is 5.82 Å². The van der Waals surface area contributed by atoms with Crippen molar-refractivity contribution in [2.75, 3.05) is 7.11 Å². The predicted octanol–water partition coefficient (Wildman–Crippen LogP) is 5.04. The van der Waals surface area contributed by atoms with Crippen LogP contribution in [0.1, 0.15) is 72.9 Å². The molecule has 4 rings (SSSR count). The van der Waals surface area contributed by atoms with Crippen LogP contribution in [-0.4, -0.2) is 45.6 Å². The van der Waals surface area contributed by atoms with Gasteiger partial charge in [-0.3, -0.25) is 9.78 Å². The molecule has 1 aromatic carbocycles. The molecule has 3 N–H and O–H groups in total. The zero-order chi connectivity index (χ0) is 24.4. The molecule has 0 amide bonds. The van der Waals surface area contributed by atoms with E-state index in [1.54, 1.807) is 25.3 Å². The molecule has 2 saturated carbocycles. The van der Waals surface area contributed by atoms with Crippen LogP contribution >= 0.6 is 11.6 Å². The molecular formula is C26H29ClFNO5. The van der Waals surface area contributed by atoms with E-state index in [2.05, 4.69) is 0 Å². The lowest BCUT2D eigenvalue weighted by Crippen LogP contribution is -2.19. The maximum absolute atomic E-state index is 15.2. The second-order valence-electron chi connectivity index (χ2n) is 9.17. The lowest BCUT2D eigenvalue weighted by molar-refractivity contribution is -0.139. The van der Waals surface area contributed by atoms with Gasteiger partial charge in [-0.15, -0.1) is 0 Å². The van der Waals surface area contributed by atoms with Crippen LogP contribution in [-0.2, 0) is 16.1 Å². The highest BCUT2D eigenvalue weighted by molar-refractivity contribution is 6.30. The van der Waals surface area contributed by atoms with Gasteiger partial charge in [-0.05, 0) is 43.9 Å². The van der Waals surface area contributed by atoms with Crippen LogP contribution in [0.5, 0.6) is 0 Å². The van der Waals surface area contributed by atoms with Crippen LogP contribution < -0.4 is 0 Å². The fraction of sp³-hybridized carbons (Fsp3) is 0.462. The van der Waals surface area contributed by atoms with Crippen molar-refractivity contribution in [2.45, 2.75) is 69.2 Å². The average molecular weight is 490 g/mol. The lowest BCUT2D eigenvalue weighted by atomic mass is 9.89. The van der Waals surface area contributed by atoms with E-state index in [0.29, 0.717) is 27.6 Å². The van der Waals surface area contributed by atoms with Gasteiger partial charge in [0.05, 0.1) is 30.9 Å². The van der Waals surface area contributed by atoms with Crippen molar-refractivity contribution in [3.05, 3.63) is 57.6 Å². The Balaban J connectivity index is 1.83. The number of halogens is 2. The van der Waals surface area contributed by atoms with Gasteiger partial charge in [0.15, 0.2) is 0 Å². The predicted molar refractivity (Wildman–Crippen MR) is 127 cm³/mol. The molecule has 2 aliphatic carbocycles. The number of carboxylic acids is 1. The zero-order valence-corrected chi connectivity index (χ0v) is 19.8. The van der Waals surface area contributed by atoms with Crippen molar-refractivity contribution in [3.63, 3.8) is 0 Å². The number of methoxy groups -OCH3 is 1. The smallest absolute Gasteiger partial charge is 0.305 e. The third-order valence-corrected chi connectivity index (χ3v) is 6.46. The molecule has 2 aromatic rings. The van der Waals surface area contributed by atoms with Gasteiger partial charge in [-0.2, -0.15) is 0 Å². The number of hydrogen-bond donors (Lipinski definition) is 3. The largest absolute Gasteiger partial charge is 0.481 e. The third-order valence-electron chi connectivity index (χ3n) is 6.22. The number of nitrogens with zero attached hydrogens (tertiary/aromatic N) is 1. The average Bonchev–Trinajstić information content (AvgIpc) is 3.66. The number of pyridine rings is 1. The van der Waals surface area contributed by atoms with E-state index in [1.165, 1.54) is 12.1 Å². The monoisotopic (exact) mass is 489 g/mol. The first-order valence-corrected chi connectivity index (χ1v) is 11.9.